The summed E-state index contributed by atoms with van der Waals surface area (Å²) < 4.78 is 0. The van der Waals surface area contributed by atoms with Crippen molar-refractivity contribution in [2.45, 2.75) is 12.5 Å². The van der Waals surface area contributed by atoms with Gasteiger partial charge in [0.1, 0.15) is 6.04 Å². The predicted molar refractivity (Wildman–Crippen MR) is 84.7 cm³/mol. The molecule has 0 saturated carbocycles. The summed E-state index contributed by atoms with van der Waals surface area (Å²) in [7, 11) is 3.14. The molecule has 0 radical (unpaired) electrons. The molecule has 0 bridgehead atoms. The Balaban J connectivity index is 2.20. The third kappa shape index (κ3) is 3.87. The lowest BCUT2D eigenvalue weighted by molar-refractivity contribution is -0.128. The molecule has 4 nitrogen and oxygen atoms in total. The summed E-state index contributed by atoms with van der Waals surface area (Å²) in [5.41, 5.74) is 1.16. The molecule has 22 heavy (non-hydrogen) atoms. The number of ketones is 2. The molecule has 2 aromatic carbocycles. The van der Waals surface area contributed by atoms with Crippen molar-refractivity contribution in [2.75, 3.05) is 14.2 Å². The van der Waals surface area contributed by atoms with E-state index in [4.69, 9.17) is 4.84 Å². The van der Waals surface area contributed by atoms with E-state index in [2.05, 4.69) is 0 Å². The molecule has 0 aromatic heterocycles. The van der Waals surface area contributed by atoms with Gasteiger partial charge >= 0.3 is 0 Å². The minimum absolute atomic E-state index is 0.0715. The minimum Gasteiger partial charge on any atom is -0.302 e. The second kappa shape index (κ2) is 7.64. The lowest BCUT2D eigenvalue weighted by Gasteiger charge is -2.24. The Kier molecular flexibility index (Phi) is 5.58. The lowest BCUT2D eigenvalue weighted by Crippen LogP contribution is -2.39. The Labute approximate surface area is 130 Å². The van der Waals surface area contributed by atoms with E-state index in [-0.39, 0.29) is 18.0 Å². The van der Waals surface area contributed by atoms with Gasteiger partial charge in [-0.3, -0.25) is 9.59 Å². The zero-order valence-corrected chi connectivity index (χ0v) is 12.7. The quantitative estimate of drug-likeness (QED) is 0.582. The van der Waals surface area contributed by atoms with Crippen LogP contribution in [0.15, 0.2) is 60.7 Å². The van der Waals surface area contributed by atoms with Crippen molar-refractivity contribution < 1.29 is 14.4 Å². The molecule has 2 aromatic rings. The number of carbonyl (C=O) groups excluding carboxylic acids is 2. The molecule has 0 aliphatic heterocycles. The summed E-state index contributed by atoms with van der Waals surface area (Å²) >= 11 is 0. The van der Waals surface area contributed by atoms with E-state index in [9.17, 15) is 9.59 Å². The number of Topliss-reactive ketones (excluding diaryl/α,β-unsaturated/α-hetero) is 2. The average molecular weight is 297 g/mol. The molecule has 0 aliphatic carbocycles. The second-order valence-corrected chi connectivity index (χ2v) is 4.97. The van der Waals surface area contributed by atoms with E-state index < -0.39 is 6.04 Å². The highest BCUT2D eigenvalue weighted by Gasteiger charge is 2.27. The van der Waals surface area contributed by atoms with Crippen molar-refractivity contribution >= 4 is 11.6 Å². The maximum atomic E-state index is 12.6. The lowest BCUT2D eigenvalue weighted by atomic mass is 9.97. The molecular weight excluding hydrogens is 278 g/mol. The van der Waals surface area contributed by atoms with Crippen LogP contribution in [0.25, 0.3) is 0 Å². The molecule has 1 atom stereocenters. The summed E-state index contributed by atoms with van der Waals surface area (Å²) in [6.45, 7) is 0. The fourth-order valence-electron chi connectivity index (χ4n) is 2.23. The first-order chi connectivity index (χ1) is 10.6. The maximum absolute atomic E-state index is 12.6. The van der Waals surface area contributed by atoms with Gasteiger partial charge in [-0.1, -0.05) is 60.7 Å². The topological polar surface area (TPSA) is 46.6 Å². The Bertz CT molecular complexity index is 625. The molecule has 0 aliphatic rings. The van der Waals surface area contributed by atoms with Crippen LogP contribution in [0.4, 0.5) is 0 Å². The number of benzene rings is 2. The van der Waals surface area contributed by atoms with Crippen molar-refractivity contribution in [3.05, 3.63) is 71.8 Å². The van der Waals surface area contributed by atoms with Gasteiger partial charge in [-0.25, -0.2) is 0 Å². The highest BCUT2D eigenvalue weighted by atomic mass is 16.7. The van der Waals surface area contributed by atoms with Gasteiger partial charge in [-0.15, -0.1) is 0 Å². The van der Waals surface area contributed by atoms with Crippen LogP contribution >= 0.6 is 0 Å². The number of likely N-dealkylation sites (N-methyl/N-ethyl adjacent to an activating group) is 1. The molecule has 4 heteroatoms. The van der Waals surface area contributed by atoms with Crippen LogP contribution in [0.3, 0.4) is 0 Å². The van der Waals surface area contributed by atoms with Crippen molar-refractivity contribution in [2.24, 2.45) is 0 Å². The van der Waals surface area contributed by atoms with Crippen molar-refractivity contribution in [1.82, 2.24) is 5.06 Å². The van der Waals surface area contributed by atoms with Crippen LogP contribution in [-0.4, -0.2) is 36.8 Å². The summed E-state index contributed by atoms with van der Waals surface area (Å²) in [4.78, 5) is 30.2. The van der Waals surface area contributed by atoms with Gasteiger partial charge in [0.25, 0.3) is 0 Å². The SMILES string of the molecule is CON(C)C(CC(=O)c1ccccc1)C(=O)c1ccccc1. The zero-order valence-electron chi connectivity index (χ0n) is 12.7. The molecule has 0 spiro atoms. The van der Waals surface area contributed by atoms with Gasteiger partial charge in [-0.05, 0) is 0 Å². The molecule has 2 rings (SSSR count). The minimum atomic E-state index is -0.653. The van der Waals surface area contributed by atoms with Gasteiger partial charge in [-0.2, -0.15) is 5.06 Å². The molecular formula is C18H19NO3. The van der Waals surface area contributed by atoms with Crippen LogP contribution < -0.4 is 0 Å². The number of carbonyl (C=O) groups is 2. The maximum Gasteiger partial charge on any atom is 0.182 e. The summed E-state index contributed by atoms with van der Waals surface area (Å²) in [6, 6.07) is 17.2. The van der Waals surface area contributed by atoms with E-state index in [1.165, 1.54) is 12.2 Å². The molecule has 1 unspecified atom stereocenters. The van der Waals surface area contributed by atoms with E-state index in [0.29, 0.717) is 11.1 Å². The molecule has 0 heterocycles. The summed E-state index contributed by atoms with van der Waals surface area (Å²) in [5, 5.41) is 1.43. The van der Waals surface area contributed by atoms with E-state index in [0.717, 1.165) is 0 Å². The van der Waals surface area contributed by atoms with Crippen molar-refractivity contribution in [3.63, 3.8) is 0 Å². The van der Waals surface area contributed by atoms with Crippen molar-refractivity contribution in [1.29, 1.82) is 0 Å². The Hall–Kier alpha value is -2.30. The van der Waals surface area contributed by atoms with Gasteiger partial charge in [0.2, 0.25) is 0 Å². The second-order valence-electron chi connectivity index (χ2n) is 4.97. The number of hydrogen-bond acceptors (Lipinski definition) is 4. The van der Waals surface area contributed by atoms with Crippen LogP contribution in [0.1, 0.15) is 27.1 Å². The number of nitrogens with zero attached hydrogens (tertiary/aromatic N) is 1. The van der Waals surface area contributed by atoms with Crippen LogP contribution in [0, 0.1) is 0 Å². The average Bonchev–Trinajstić information content (AvgIpc) is 2.59. The highest BCUT2D eigenvalue weighted by Crippen LogP contribution is 2.15. The molecule has 0 N–H and O–H groups in total. The van der Waals surface area contributed by atoms with E-state index in [1.807, 2.05) is 12.1 Å². The first kappa shape index (κ1) is 16.1. The summed E-state index contributed by atoms with van der Waals surface area (Å²) in [6.07, 6.45) is 0.0715. The Morgan fingerprint density at radius 3 is 1.95 bits per heavy atom. The van der Waals surface area contributed by atoms with Gasteiger partial charge in [0.05, 0.1) is 7.11 Å². The Morgan fingerprint density at radius 1 is 0.955 bits per heavy atom. The van der Waals surface area contributed by atoms with Gasteiger partial charge in [0.15, 0.2) is 11.6 Å². The number of rotatable bonds is 7. The monoisotopic (exact) mass is 297 g/mol. The Morgan fingerprint density at radius 2 is 1.45 bits per heavy atom. The smallest absolute Gasteiger partial charge is 0.182 e. The third-order valence-corrected chi connectivity index (χ3v) is 3.56. The third-order valence-electron chi connectivity index (χ3n) is 3.56. The fourth-order valence-corrected chi connectivity index (χ4v) is 2.23. The molecule has 114 valence electrons. The van der Waals surface area contributed by atoms with Crippen LogP contribution in [0.5, 0.6) is 0 Å². The van der Waals surface area contributed by atoms with Crippen LogP contribution in [-0.2, 0) is 4.84 Å². The largest absolute Gasteiger partial charge is 0.302 e. The van der Waals surface area contributed by atoms with Crippen LogP contribution in [0.2, 0.25) is 0 Å². The van der Waals surface area contributed by atoms with Gasteiger partial charge < -0.3 is 4.84 Å². The zero-order chi connectivity index (χ0) is 15.9. The van der Waals surface area contributed by atoms with E-state index >= 15 is 0 Å². The fraction of sp³-hybridized carbons (Fsp3) is 0.222. The van der Waals surface area contributed by atoms with E-state index in [1.54, 1.807) is 55.6 Å². The molecule has 0 fully saturated rings. The predicted octanol–water partition coefficient (Wildman–Crippen LogP) is 3.00. The summed E-state index contributed by atoms with van der Waals surface area (Å²) in [5.74, 6) is -0.215. The van der Waals surface area contributed by atoms with Gasteiger partial charge in [0, 0.05) is 24.6 Å². The first-order valence-corrected chi connectivity index (χ1v) is 7.08. The normalized spacial score (nSPS) is 12.1. The highest BCUT2D eigenvalue weighted by molar-refractivity contribution is 6.05. The number of hydroxylamine groups is 2. The molecule has 0 saturated heterocycles. The van der Waals surface area contributed by atoms with Crippen molar-refractivity contribution in [3.8, 4) is 0 Å². The number of hydrogen-bond donors (Lipinski definition) is 0. The first-order valence-electron chi connectivity index (χ1n) is 7.08. The standard InChI is InChI=1S/C18H19NO3/c1-19(22-2)16(18(21)15-11-7-4-8-12-15)13-17(20)14-9-5-3-6-10-14/h3-12,16H,13H2,1-2H3. The molecule has 0 amide bonds.